The lowest BCUT2D eigenvalue weighted by Crippen LogP contribution is -2.39. The van der Waals surface area contributed by atoms with E-state index in [1.807, 2.05) is 53.4 Å². The van der Waals surface area contributed by atoms with Gasteiger partial charge in [0.25, 0.3) is 5.91 Å². The van der Waals surface area contributed by atoms with Gasteiger partial charge in [0.05, 0.1) is 6.61 Å². The van der Waals surface area contributed by atoms with E-state index in [1.54, 1.807) is 0 Å². The van der Waals surface area contributed by atoms with Gasteiger partial charge in [0, 0.05) is 25.3 Å². The number of rotatable bonds is 5. The van der Waals surface area contributed by atoms with Gasteiger partial charge in [-0.3, -0.25) is 4.79 Å². The highest BCUT2D eigenvalue weighted by Crippen LogP contribution is 2.24. The molecule has 1 saturated heterocycles. The quantitative estimate of drug-likeness (QED) is 0.648. The molecule has 0 atom stereocenters. The summed E-state index contributed by atoms with van der Waals surface area (Å²) in [4.78, 5) is 15.0. The second-order valence-corrected chi connectivity index (χ2v) is 7.26. The number of amides is 1. The summed E-state index contributed by atoms with van der Waals surface area (Å²) in [5.41, 5.74) is 2.02. The Labute approximate surface area is 160 Å². The Balaban J connectivity index is 1.31. The first-order valence-corrected chi connectivity index (χ1v) is 9.70. The molecule has 4 rings (SSSR count). The lowest BCUT2D eigenvalue weighted by Gasteiger charge is -2.32. The third kappa shape index (κ3) is 4.20. The molecule has 0 saturated carbocycles. The zero-order valence-corrected chi connectivity index (χ0v) is 15.5. The highest BCUT2D eigenvalue weighted by Gasteiger charge is 2.24. The van der Waals surface area contributed by atoms with Gasteiger partial charge in [0.1, 0.15) is 0 Å². The number of fused-ring (bicyclic) bond motifs is 1. The zero-order chi connectivity index (χ0) is 18.5. The van der Waals surface area contributed by atoms with E-state index in [2.05, 4.69) is 24.3 Å². The Morgan fingerprint density at radius 3 is 2.41 bits per heavy atom. The van der Waals surface area contributed by atoms with Gasteiger partial charge in [-0.1, -0.05) is 66.7 Å². The van der Waals surface area contributed by atoms with Gasteiger partial charge in [0.15, 0.2) is 0 Å². The molecule has 1 amide bonds. The van der Waals surface area contributed by atoms with Gasteiger partial charge in [-0.2, -0.15) is 0 Å². The van der Waals surface area contributed by atoms with Crippen molar-refractivity contribution in [3.8, 4) is 0 Å². The van der Waals surface area contributed by atoms with Crippen molar-refractivity contribution in [2.24, 2.45) is 5.92 Å². The minimum atomic E-state index is 0.149. The highest BCUT2D eigenvalue weighted by molar-refractivity contribution is 6.07. The Hall–Kier alpha value is -2.65. The average molecular weight is 359 g/mol. The van der Waals surface area contributed by atoms with E-state index >= 15 is 0 Å². The second kappa shape index (κ2) is 8.36. The monoisotopic (exact) mass is 359 g/mol. The van der Waals surface area contributed by atoms with E-state index in [1.165, 1.54) is 5.56 Å². The van der Waals surface area contributed by atoms with E-state index in [-0.39, 0.29) is 5.91 Å². The van der Waals surface area contributed by atoms with Crippen LogP contribution in [0.3, 0.4) is 0 Å². The molecule has 0 bridgehead atoms. The van der Waals surface area contributed by atoms with Crippen molar-refractivity contribution in [2.75, 3.05) is 19.7 Å². The van der Waals surface area contributed by atoms with Gasteiger partial charge in [-0.15, -0.1) is 0 Å². The summed E-state index contributed by atoms with van der Waals surface area (Å²) in [6, 6.07) is 24.3. The fourth-order valence-corrected chi connectivity index (χ4v) is 3.80. The molecular weight excluding hydrogens is 334 g/mol. The molecular formula is C24H25NO2. The molecule has 0 spiro atoms. The van der Waals surface area contributed by atoms with Crippen LogP contribution in [0.1, 0.15) is 28.8 Å². The summed E-state index contributed by atoms with van der Waals surface area (Å²) in [5.74, 6) is 0.681. The smallest absolute Gasteiger partial charge is 0.254 e. The maximum Gasteiger partial charge on any atom is 0.254 e. The molecule has 138 valence electrons. The lowest BCUT2D eigenvalue weighted by atomic mass is 9.96. The SMILES string of the molecule is O=C(c1cccc2ccccc12)N1CCC(COCc2ccccc2)CC1. The van der Waals surface area contributed by atoms with Crippen molar-refractivity contribution in [1.29, 1.82) is 0 Å². The predicted molar refractivity (Wildman–Crippen MR) is 109 cm³/mol. The first-order chi connectivity index (χ1) is 13.3. The van der Waals surface area contributed by atoms with E-state index in [0.717, 1.165) is 48.9 Å². The van der Waals surface area contributed by atoms with E-state index < -0.39 is 0 Å². The van der Waals surface area contributed by atoms with E-state index in [0.29, 0.717) is 12.5 Å². The van der Waals surface area contributed by atoms with Crippen LogP contribution in [0.5, 0.6) is 0 Å². The number of benzene rings is 3. The summed E-state index contributed by atoms with van der Waals surface area (Å²) >= 11 is 0. The maximum atomic E-state index is 13.0. The molecule has 1 aliphatic heterocycles. The Kier molecular flexibility index (Phi) is 5.50. The Morgan fingerprint density at radius 1 is 0.889 bits per heavy atom. The molecule has 1 heterocycles. The topological polar surface area (TPSA) is 29.5 Å². The number of hydrogen-bond donors (Lipinski definition) is 0. The first-order valence-electron chi connectivity index (χ1n) is 9.70. The number of likely N-dealkylation sites (tertiary alicyclic amines) is 1. The molecule has 0 aromatic heterocycles. The van der Waals surface area contributed by atoms with Crippen LogP contribution in [0.4, 0.5) is 0 Å². The fraction of sp³-hybridized carbons (Fsp3) is 0.292. The molecule has 27 heavy (non-hydrogen) atoms. The second-order valence-electron chi connectivity index (χ2n) is 7.26. The summed E-state index contributed by atoms with van der Waals surface area (Å²) in [7, 11) is 0. The van der Waals surface area contributed by atoms with Crippen LogP contribution in [0.25, 0.3) is 10.8 Å². The van der Waals surface area contributed by atoms with Gasteiger partial charge in [-0.25, -0.2) is 0 Å². The molecule has 3 heteroatoms. The number of carbonyl (C=O) groups is 1. The summed E-state index contributed by atoms with van der Waals surface area (Å²) < 4.78 is 5.89. The van der Waals surface area contributed by atoms with Gasteiger partial charge < -0.3 is 9.64 Å². The maximum absolute atomic E-state index is 13.0. The number of carbonyl (C=O) groups excluding carboxylic acids is 1. The minimum Gasteiger partial charge on any atom is -0.376 e. The summed E-state index contributed by atoms with van der Waals surface area (Å²) in [6.45, 7) is 3.05. The molecule has 0 N–H and O–H groups in total. The van der Waals surface area contributed by atoms with E-state index in [4.69, 9.17) is 4.74 Å². The number of nitrogens with zero attached hydrogens (tertiary/aromatic N) is 1. The van der Waals surface area contributed by atoms with Crippen LogP contribution >= 0.6 is 0 Å². The Morgan fingerprint density at radius 2 is 1.59 bits per heavy atom. The molecule has 3 aromatic carbocycles. The Bertz CT molecular complexity index is 893. The third-order valence-electron chi connectivity index (χ3n) is 5.39. The van der Waals surface area contributed by atoms with Crippen molar-refractivity contribution >= 4 is 16.7 Å². The molecule has 1 aliphatic rings. The third-order valence-corrected chi connectivity index (χ3v) is 5.39. The number of ether oxygens (including phenoxy) is 1. The molecule has 0 unspecified atom stereocenters. The van der Waals surface area contributed by atoms with Crippen LogP contribution in [-0.2, 0) is 11.3 Å². The fourth-order valence-electron chi connectivity index (χ4n) is 3.80. The predicted octanol–water partition coefficient (Wildman–Crippen LogP) is 4.91. The van der Waals surface area contributed by atoms with Gasteiger partial charge in [-0.05, 0) is 41.2 Å². The molecule has 1 fully saturated rings. The number of hydrogen-bond acceptors (Lipinski definition) is 2. The van der Waals surface area contributed by atoms with Crippen LogP contribution < -0.4 is 0 Å². The average Bonchev–Trinajstić information content (AvgIpc) is 2.74. The van der Waals surface area contributed by atoms with Gasteiger partial charge in [0.2, 0.25) is 0 Å². The van der Waals surface area contributed by atoms with Crippen LogP contribution in [0.2, 0.25) is 0 Å². The molecule has 0 radical (unpaired) electrons. The van der Waals surface area contributed by atoms with Gasteiger partial charge >= 0.3 is 0 Å². The van der Waals surface area contributed by atoms with Crippen molar-refractivity contribution in [3.05, 3.63) is 83.9 Å². The normalized spacial score (nSPS) is 15.2. The van der Waals surface area contributed by atoms with Crippen molar-refractivity contribution in [2.45, 2.75) is 19.4 Å². The van der Waals surface area contributed by atoms with Crippen molar-refractivity contribution in [1.82, 2.24) is 4.90 Å². The summed E-state index contributed by atoms with van der Waals surface area (Å²) in [6.07, 6.45) is 2.01. The van der Waals surface area contributed by atoms with Crippen molar-refractivity contribution < 1.29 is 9.53 Å². The largest absolute Gasteiger partial charge is 0.376 e. The van der Waals surface area contributed by atoms with Crippen LogP contribution in [0, 0.1) is 5.92 Å². The molecule has 0 aliphatic carbocycles. The minimum absolute atomic E-state index is 0.149. The summed E-state index contributed by atoms with van der Waals surface area (Å²) in [5, 5.41) is 2.16. The van der Waals surface area contributed by atoms with Crippen LogP contribution in [0.15, 0.2) is 72.8 Å². The van der Waals surface area contributed by atoms with E-state index in [9.17, 15) is 4.79 Å². The number of piperidine rings is 1. The highest BCUT2D eigenvalue weighted by atomic mass is 16.5. The van der Waals surface area contributed by atoms with Crippen LogP contribution in [-0.4, -0.2) is 30.5 Å². The molecule has 3 aromatic rings. The standard InChI is InChI=1S/C24H25NO2/c26-24(23-12-6-10-21-9-4-5-11-22(21)23)25-15-13-20(14-16-25)18-27-17-19-7-2-1-3-8-19/h1-12,20H,13-18H2. The zero-order valence-electron chi connectivity index (χ0n) is 15.5. The molecule has 3 nitrogen and oxygen atoms in total. The first kappa shape index (κ1) is 17.7. The lowest BCUT2D eigenvalue weighted by molar-refractivity contribution is 0.0479. The van der Waals surface area contributed by atoms with Crippen molar-refractivity contribution in [3.63, 3.8) is 0 Å².